The van der Waals surface area contributed by atoms with Gasteiger partial charge in [0.2, 0.25) is 0 Å². The van der Waals surface area contributed by atoms with Crippen LogP contribution in [0.5, 0.6) is 11.5 Å². The Morgan fingerprint density at radius 3 is 2.55 bits per heavy atom. The van der Waals surface area contributed by atoms with E-state index >= 15 is 0 Å². The van der Waals surface area contributed by atoms with E-state index in [9.17, 15) is 0 Å². The Balaban J connectivity index is 2.07. The predicted octanol–water partition coefficient (Wildman–Crippen LogP) is 2.62. The standard InChI is InChI=1S/C15H17N3O2/c1-19-10-5-6-11(13(7-10)20-2)12-8-14(16)18-15(17-12)9-3-4-9/h5-9H,3-4H2,1-2H3,(H2,16,17,18). The highest BCUT2D eigenvalue weighted by atomic mass is 16.5. The number of nitrogens with zero attached hydrogens (tertiary/aromatic N) is 2. The van der Waals surface area contributed by atoms with E-state index in [1.54, 1.807) is 20.3 Å². The van der Waals surface area contributed by atoms with Gasteiger partial charge in [0.25, 0.3) is 0 Å². The molecule has 5 heteroatoms. The summed E-state index contributed by atoms with van der Waals surface area (Å²) in [6.45, 7) is 0. The number of hydrogen-bond acceptors (Lipinski definition) is 5. The lowest BCUT2D eigenvalue weighted by atomic mass is 10.1. The third-order valence-corrected chi connectivity index (χ3v) is 3.39. The first-order chi connectivity index (χ1) is 9.71. The molecule has 20 heavy (non-hydrogen) atoms. The topological polar surface area (TPSA) is 70.3 Å². The van der Waals surface area contributed by atoms with Crippen molar-refractivity contribution in [2.45, 2.75) is 18.8 Å². The van der Waals surface area contributed by atoms with Crippen LogP contribution in [-0.2, 0) is 0 Å². The summed E-state index contributed by atoms with van der Waals surface area (Å²) < 4.78 is 10.6. The molecule has 3 rings (SSSR count). The maximum atomic E-state index is 5.89. The van der Waals surface area contributed by atoms with Gasteiger partial charge in [0.1, 0.15) is 23.1 Å². The fraction of sp³-hybridized carbons (Fsp3) is 0.333. The van der Waals surface area contributed by atoms with Crippen molar-refractivity contribution in [1.82, 2.24) is 9.97 Å². The van der Waals surface area contributed by atoms with Crippen LogP contribution in [0.3, 0.4) is 0 Å². The van der Waals surface area contributed by atoms with E-state index in [4.69, 9.17) is 15.2 Å². The van der Waals surface area contributed by atoms with Crippen LogP contribution in [0.4, 0.5) is 5.82 Å². The second kappa shape index (κ2) is 5.00. The summed E-state index contributed by atoms with van der Waals surface area (Å²) in [4.78, 5) is 8.93. The maximum absolute atomic E-state index is 5.89. The molecule has 0 radical (unpaired) electrons. The summed E-state index contributed by atoms with van der Waals surface area (Å²) in [7, 11) is 3.26. The smallest absolute Gasteiger partial charge is 0.134 e. The number of anilines is 1. The van der Waals surface area contributed by atoms with Crippen LogP contribution in [0.15, 0.2) is 24.3 Å². The highest BCUT2D eigenvalue weighted by molar-refractivity contribution is 5.70. The zero-order valence-electron chi connectivity index (χ0n) is 11.6. The lowest BCUT2D eigenvalue weighted by Crippen LogP contribution is -2.01. The molecule has 0 spiro atoms. The number of methoxy groups -OCH3 is 2. The third-order valence-electron chi connectivity index (χ3n) is 3.39. The number of ether oxygens (including phenoxy) is 2. The van der Waals surface area contributed by atoms with Gasteiger partial charge in [-0.2, -0.15) is 0 Å². The first-order valence-electron chi connectivity index (χ1n) is 6.58. The van der Waals surface area contributed by atoms with Crippen LogP contribution < -0.4 is 15.2 Å². The average molecular weight is 271 g/mol. The molecule has 0 unspecified atom stereocenters. The Kier molecular flexibility index (Phi) is 3.18. The molecule has 1 aromatic carbocycles. The molecule has 104 valence electrons. The van der Waals surface area contributed by atoms with Gasteiger partial charge >= 0.3 is 0 Å². The van der Waals surface area contributed by atoms with Crippen molar-refractivity contribution < 1.29 is 9.47 Å². The predicted molar refractivity (Wildman–Crippen MR) is 77.0 cm³/mol. The SMILES string of the molecule is COc1ccc(-c2cc(N)nc(C3CC3)n2)c(OC)c1. The zero-order valence-corrected chi connectivity index (χ0v) is 11.6. The summed E-state index contributed by atoms with van der Waals surface area (Å²) in [6.07, 6.45) is 2.28. The fourth-order valence-corrected chi connectivity index (χ4v) is 2.16. The molecule has 5 nitrogen and oxygen atoms in total. The van der Waals surface area contributed by atoms with E-state index in [1.165, 1.54) is 0 Å². The molecule has 1 aromatic heterocycles. The Hall–Kier alpha value is -2.30. The summed E-state index contributed by atoms with van der Waals surface area (Å²) in [6, 6.07) is 7.42. The van der Waals surface area contributed by atoms with Crippen LogP contribution in [0.2, 0.25) is 0 Å². The molecule has 0 amide bonds. The molecule has 1 fully saturated rings. The number of nitrogen functional groups attached to an aromatic ring is 1. The van der Waals surface area contributed by atoms with Gasteiger partial charge in [-0.15, -0.1) is 0 Å². The van der Waals surface area contributed by atoms with Gasteiger partial charge in [-0.1, -0.05) is 0 Å². The molecule has 2 aromatic rings. The molecule has 0 saturated heterocycles. The van der Waals surface area contributed by atoms with Crippen molar-refractivity contribution in [2.24, 2.45) is 0 Å². The molecule has 1 saturated carbocycles. The van der Waals surface area contributed by atoms with Crippen molar-refractivity contribution in [3.8, 4) is 22.8 Å². The largest absolute Gasteiger partial charge is 0.497 e. The highest BCUT2D eigenvalue weighted by Crippen LogP contribution is 2.40. The quantitative estimate of drug-likeness (QED) is 0.925. The number of nitrogens with two attached hydrogens (primary N) is 1. The highest BCUT2D eigenvalue weighted by Gasteiger charge is 2.27. The Morgan fingerprint density at radius 2 is 1.90 bits per heavy atom. The van der Waals surface area contributed by atoms with E-state index in [1.807, 2.05) is 18.2 Å². The first-order valence-corrected chi connectivity index (χ1v) is 6.58. The molecule has 1 aliphatic carbocycles. The Morgan fingerprint density at radius 1 is 1.10 bits per heavy atom. The maximum Gasteiger partial charge on any atom is 0.134 e. The van der Waals surface area contributed by atoms with E-state index in [0.29, 0.717) is 17.5 Å². The Labute approximate surface area is 117 Å². The average Bonchev–Trinajstić information content (AvgIpc) is 3.30. The zero-order chi connectivity index (χ0) is 14.1. The number of benzene rings is 1. The number of hydrogen-bond donors (Lipinski definition) is 1. The van der Waals surface area contributed by atoms with Crippen LogP contribution in [0.25, 0.3) is 11.3 Å². The fourth-order valence-electron chi connectivity index (χ4n) is 2.16. The van der Waals surface area contributed by atoms with E-state index in [0.717, 1.165) is 35.7 Å². The molecular formula is C15H17N3O2. The van der Waals surface area contributed by atoms with E-state index < -0.39 is 0 Å². The second-order valence-corrected chi connectivity index (χ2v) is 4.88. The minimum Gasteiger partial charge on any atom is -0.497 e. The number of aromatic nitrogens is 2. The molecular weight excluding hydrogens is 254 g/mol. The van der Waals surface area contributed by atoms with Crippen molar-refractivity contribution >= 4 is 5.82 Å². The molecule has 2 N–H and O–H groups in total. The molecule has 0 bridgehead atoms. The molecule has 0 atom stereocenters. The molecule has 0 aliphatic heterocycles. The van der Waals surface area contributed by atoms with Gasteiger partial charge in [-0.25, -0.2) is 9.97 Å². The second-order valence-electron chi connectivity index (χ2n) is 4.88. The minimum absolute atomic E-state index is 0.460. The van der Waals surface area contributed by atoms with Crippen LogP contribution >= 0.6 is 0 Å². The van der Waals surface area contributed by atoms with E-state index in [2.05, 4.69) is 9.97 Å². The van der Waals surface area contributed by atoms with Crippen LogP contribution in [0, 0.1) is 0 Å². The van der Waals surface area contributed by atoms with Crippen molar-refractivity contribution in [2.75, 3.05) is 20.0 Å². The lowest BCUT2D eigenvalue weighted by Gasteiger charge is -2.11. The summed E-state index contributed by atoms with van der Waals surface area (Å²) in [5, 5.41) is 0. The third kappa shape index (κ3) is 2.39. The lowest BCUT2D eigenvalue weighted by molar-refractivity contribution is 0.395. The minimum atomic E-state index is 0.460. The Bertz CT molecular complexity index is 639. The van der Waals surface area contributed by atoms with Gasteiger partial charge in [-0.3, -0.25) is 0 Å². The first kappa shape index (κ1) is 12.7. The van der Waals surface area contributed by atoms with Crippen LogP contribution in [0.1, 0.15) is 24.6 Å². The summed E-state index contributed by atoms with van der Waals surface area (Å²) in [5.41, 5.74) is 7.58. The summed E-state index contributed by atoms with van der Waals surface area (Å²) in [5.74, 6) is 3.24. The summed E-state index contributed by atoms with van der Waals surface area (Å²) >= 11 is 0. The van der Waals surface area contributed by atoms with Gasteiger partial charge in [0.05, 0.1) is 19.9 Å². The van der Waals surface area contributed by atoms with E-state index in [-0.39, 0.29) is 0 Å². The normalized spacial score (nSPS) is 14.1. The van der Waals surface area contributed by atoms with Crippen molar-refractivity contribution in [1.29, 1.82) is 0 Å². The van der Waals surface area contributed by atoms with Crippen LogP contribution in [-0.4, -0.2) is 24.2 Å². The van der Waals surface area contributed by atoms with Gasteiger partial charge < -0.3 is 15.2 Å². The van der Waals surface area contributed by atoms with Crippen molar-refractivity contribution in [3.63, 3.8) is 0 Å². The number of rotatable bonds is 4. The molecule has 1 heterocycles. The van der Waals surface area contributed by atoms with Crippen molar-refractivity contribution in [3.05, 3.63) is 30.1 Å². The van der Waals surface area contributed by atoms with Gasteiger partial charge in [0, 0.05) is 23.6 Å². The van der Waals surface area contributed by atoms with Gasteiger partial charge in [-0.05, 0) is 25.0 Å². The monoisotopic (exact) mass is 271 g/mol. The van der Waals surface area contributed by atoms with Gasteiger partial charge in [0.15, 0.2) is 0 Å². The molecule has 1 aliphatic rings.